The topological polar surface area (TPSA) is 81.1 Å². The van der Waals surface area contributed by atoms with Gasteiger partial charge >= 0.3 is 0 Å². The average molecular weight is 458 g/mol. The van der Waals surface area contributed by atoms with Crippen LogP contribution in [0, 0.1) is 18.6 Å². The summed E-state index contributed by atoms with van der Waals surface area (Å²) in [6.45, 7) is 5.53. The molecular weight excluding hydrogens is 439 g/mol. The second kappa shape index (κ2) is 14.0. The van der Waals surface area contributed by atoms with Crippen molar-refractivity contribution >= 4 is 42.7 Å². The van der Waals surface area contributed by atoms with Crippen molar-refractivity contribution < 1.29 is 23.2 Å². The molecule has 1 heterocycles. The molecule has 0 spiro atoms. The Bertz CT molecular complexity index is 966. The summed E-state index contributed by atoms with van der Waals surface area (Å²) in [4.78, 5) is 31.3. The zero-order chi connectivity index (χ0) is 23.3. The molecule has 0 saturated carbocycles. The van der Waals surface area contributed by atoms with E-state index in [0.29, 0.717) is 27.0 Å². The van der Waals surface area contributed by atoms with Crippen LogP contribution in [0.25, 0.3) is 5.69 Å². The van der Waals surface area contributed by atoms with E-state index >= 15 is 0 Å². The third kappa shape index (κ3) is 8.10. The molecule has 0 saturated heterocycles. The highest BCUT2D eigenvalue weighted by Gasteiger charge is 2.10. The molecule has 0 aliphatic carbocycles. The van der Waals surface area contributed by atoms with Gasteiger partial charge in [0.25, 0.3) is 5.91 Å². The van der Waals surface area contributed by atoms with Crippen LogP contribution in [0.4, 0.5) is 8.78 Å². The number of halogens is 4. The second-order valence-electron chi connectivity index (χ2n) is 5.23. The molecular formula is C20H19Cl2F2N3O3. The van der Waals surface area contributed by atoms with Crippen LogP contribution in [0.2, 0.25) is 10.0 Å². The Labute approximate surface area is 182 Å². The zero-order valence-electron chi connectivity index (χ0n) is 16.2. The number of carbonyl (C=O) groups excluding carboxylic acids is 3. The first kappa shape index (κ1) is 26.9. The second-order valence-corrected chi connectivity index (χ2v) is 6.08. The number of rotatable bonds is 2. The summed E-state index contributed by atoms with van der Waals surface area (Å²) in [6.07, 6.45) is 3.11. The number of nitrogens with zero attached hydrogens (tertiary/aromatic N) is 2. The maximum absolute atomic E-state index is 12.3. The van der Waals surface area contributed by atoms with Gasteiger partial charge in [0.05, 0.1) is 10.7 Å². The number of hydrogen-bond donors (Lipinski definition) is 1. The van der Waals surface area contributed by atoms with Crippen molar-refractivity contribution in [3.63, 3.8) is 0 Å². The first-order chi connectivity index (χ1) is 14.3. The molecule has 0 aliphatic heterocycles. The van der Waals surface area contributed by atoms with Crippen LogP contribution in [0.5, 0.6) is 0 Å². The minimum absolute atomic E-state index is 0.248. The van der Waals surface area contributed by atoms with Crippen molar-refractivity contribution in [2.24, 2.45) is 0 Å². The van der Waals surface area contributed by atoms with Crippen molar-refractivity contribution in [2.75, 3.05) is 7.05 Å². The summed E-state index contributed by atoms with van der Waals surface area (Å²) in [5.74, 6) is -1.01. The number of benzene rings is 2. The molecule has 3 aromatic rings. The normalized spacial score (nSPS) is 9.00. The van der Waals surface area contributed by atoms with Crippen molar-refractivity contribution in [3.8, 4) is 5.69 Å². The Morgan fingerprint density at radius 3 is 2.23 bits per heavy atom. The lowest BCUT2D eigenvalue weighted by molar-refractivity contribution is -0.0987. The van der Waals surface area contributed by atoms with Crippen molar-refractivity contribution in [1.29, 1.82) is 0 Å². The Hall–Kier alpha value is -3.10. The summed E-state index contributed by atoms with van der Waals surface area (Å²) in [7, 11) is 1.55. The van der Waals surface area contributed by atoms with Gasteiger partial charge in [-0.3, -0.25) is 4.79 Å². The number of imidazole rings is 1. The Kier molecular flexibility index (Phi) is 12.5. The van der Waals surface area contributed by atoms with Gasteiger partial charge in [-0.15, -0.1) is 0 Å². The molecule has 1 aromatic heterocycles. The van der Waals surface area contributed by atoms with Gasteiger partial charge in [0.15, 0.2) is 0 Å². The van der Waals surface area contributed by atoms with Crippen molar-refractivity contribution in [1.82, 2.24) is 14.9 Å². The van der Waals surface area contributed by atoms with E-state index in [4.69, 9.17) is 32.8 Å². The van der Waals surface area contributed by atoms with E-state index in [-0.39, 0.29) is 11.7 Å². The number of aryl methyl sites for hydroxylation is 1. The first-order valence-corrected chi connectivity index (χ1v) is 8.78. The lowest BCUT2D eigenvalue weighted by Gasteiger charge is -2.04. The molecule has 0 aliphatic rings. The molecule has 1 amide bonds. The minimum atomic E-state index is -0.395. The molecule has 0 radical (unpaired) electrons. The molecule has 0 bridgehead atoms. The van der Waals surface area contributed by atoms with Crippen LogP contribution >= 0.6 is 23.2 Å². The quantitative estimate of drug-likeness (QED) is 0.616. The number of amides is 1. The number of hydrogen-bond acceptors (Lipinski definition) is 4. The molecule has 2 aromatic carbocycles. The summed E-state index contributed by atoms with van der Waals surface area (Å²) < 4.78 is 26.2. The minimum Gasteiger partial charge on any atom is -0.354 e. The van der Waals surface area contributed by atoms with Crippen LogP contribution in [0.15, 0.2) is 48.9 Å². The number of aromatic nitrogens is 2. The fourth-order valence-electron chi connectivity index (χ4n) is 1.99. The molecule has 10 heteroatoms. The summed E-state index contributed by atoms with van der Waals surface area (Å²) in [5.41, 5.74) is 1.35. The van der Waals surface area contributed by atoms with Gasteiger partial charge in [0, 0.05) is 18.3 Å². The van der Waals surface area contributed by atoms with E-state index in [1.807, 2.05) is 13.6 Å². The van der Waals surface area contributed by atoms with Gasteiger partial charge in [-0.25, -0.2) is 13.8 Å². The Morgan fingerprint density at radius 2 is 1.70 bits per heavy atom. The highest BCUT2D eigenvalue weighted by atomic mass is 35.5. The SMILES string of the molecule is C=O.C=O.CNC(=O)c1cn(-c2cc(Cl)ccc2Cl)cn1.Cc1cc(F)ccc1F. The summed E-state index contributed by atoms with van der Waals surface area (Å²) in [6, 6.07) is 8.48. The van der Waals surface area contributed by atoms with Crippen LogP contribution < -0.4 is 5.32 Å². The third-order valence-electron chi connectivity index (χ3n) is 3.35. The van der Waals surface area contributed by atoms with Gasteiger partial charge in [-0.05, 0) is 48.9 Å². The number of carbonyl (C=O) groups is 3. The summed E-state index contributed by atoms with van der Waals surface area (Å²) in [5, 5.41) is 3.60. The predicted octanol–water partition coefficient (Wildman–Crippen LogP) is 4.44. The Morgan fingerprint density at radius 1 is 1.07 bits per heavy atom. The highest BCUT2D eigenvalue weighted by Crippen LogP contribution is 2.24. The molecule has 6 nitrogen and oxygen atoms in total. The van der Waals surface area contributed by atoms with Crippen molar-refractivity contribution in [3.05, 3.63) is 81.9 Å². The third-order valence-corrected chi connectivity index (χ3v) is 3.90. The monoisotopic (exact) mass is 457 g/mol. The van der Waals surface area contributed by atoms with E-state index in [1.54, 1.807) is 36.0 Å². The van der Waals surface area contributed by atoms with Gasteiger partial charge in [0.2, 0.25) is 0 Å². The maximum Gasteiger partial charge on any atom is 0.271 e. The van der Waals surface area contributed by atoms with E-state index in [2.05, 4.69) is 10.3 Å². The van der Waals surface area contributed by atoms with E-state index in [9.17, 15) is 13.6 Å². The molecule has 0 atom stereocenters. The largest absolute Gasteiger partial charge is 0.354 e. The van der Waals surface area contributed by atoms with Gasteiger partial charge in [0.1, 0.15) is 37.2 Å². The molecule has 3 rings (SSSR count). The molecule has 160 valence electrons. The summed E-state index contributed by atoms with van der Waals surface area (Å²) >= 11 is 11.9. The molecule has 0 fully saturated rings. The van der Waals surface area contributed by atoms with Crippen LogP contribution in [-0.2, 0) is 9.59 Å². The van der Waals surface area contributed by atoms with E-state index in [0.717, 1.165) is 18.2 Å². The molecule has 1 N–H and O–H groups in total. The predicted molar refractivity (Wildman–Crippen MR) is 112 cm³/mol. The maximum atomic E-state index is 12.3. The van der Waals surface area contributed by atoms with E-state index in [1.165, 1.54) is 13.3 Å². The average Bonchev–Trinajstić information content (AvgIpc) is 3.25. The zero-order valence-corrected chi connectivity index (χ0v) is 17.7. The van der Waals surface area contributed by atoms with Crippen molar-refractivity contribution in [2.45, 2.75) is 6.92 Å². The Balaban J connectivity index is 0.000000547. The highest BCUT2D eigenvalue weighted by molar-refractivity contribution is 6.34. The smallest absolute Gasteiger partial charge is 0.271 e. The van der Waals surface area contributed by atoms with Crippen LogP contribution in [0.3, 0.4) is 0 Å². The molecule has 30 heavy (non-hydrogen) atoms. The number of nitrogens with one attached hydrogen (secondary N) is 1. The van der Waals surface area contributed by atoms with Gasteiger partial charge in [-0.2, -0.15) is 0 Å². The molecule has 0 unspecified atom stereocenters. The lowest BCUT2D eigenvalue weighted by atomic mass is 10.2. The van der Waals surface area contributed by atoms with Gasteiger partial charge in [-0.1, -0.05) is 23.2 Å². The van der Waals surface area contributed by atoms with Gasteiger partial charge < -0.3 is 19.5 Å². The fraction of sp³-hybridized carbons (Fsp3) is 0.100. The van der Waals surface area contributed by atoms with Crippen LogP contribution in [0.1, 0.15) is 16.1 Å². The first-order valence-electron chi connectivity index (χ1n) is 8.02. The fourth-order valence-corrected chi connectivity index (χ4v) is 2.37. The van der Waals surface area contributed by atoms with E-state index < -0.39 is 5.82 Å². The van der Waals surface area contributed by atoms with Crippen LogP contribution in [-0.4, -0.2) is 36.1 Å². The lowest BCUT2D eigenvalue weighted by Crippen LogP contribution is -2.17. The standard InChI is InChI=1S/C11H9Cl2N3O.C7H6F2.2CH2O/c1-14-11(17)9-5-16(6-15-9)10-4-7(12)2-3-8(10)13;1-5-4-6(8)2-3-7(5)9;2*1-2/h2-6H,1H3,(H,14,17);2-4H,1H3;2*1H2.